The second-order valence-corrected chi connectivity index (χ2v) is 8.23. The van der Waals surface area contributed by atoms with Crippen molar-refractivity contribution in [1.82, 2.24) is 15.1 Å². The van der Waals surface area contributed by atoms with Crippen molar-refractivity contribution in [3.05, 3.63) is 66.2 Å². The van der Waals surface area contributed by atoms with Crippen LogP contribution in [0.1, 0.15) is 24.8 Å². The van der Waals surface area contributed by atoms with Gasteiger partial charge in [-0.2, -0.15) is 0 Å². The van der Waals surface area contributed by atoms with Crippen molar-refractivity contribution in [3.8, 4) is 0 Å². The van der Waals surface area contributed by atoms with Crippen molar-refractivity contribution in [2.45, 2.75) is 31.8 Å². The summed E-state index contributed by atoms with van der Waals surface area (Å²) in [4.78, 5) is 41.0. The summed E-state index contributed by atoms with van der Waals surface area (Å²) in [5, 5.41) is 6.00. The molecule has 162 valence electrons. The van der Waals surface area contributed by atoms with Crippen molar-refractivity contribution in [1.29, 1.82) is 0 Å². The fourth-order valence-electron chi connectivity index (χ4n) is 4.17. The number of benzene rings is 2. The maximum Gasteiger partial charge on any atom is 0.321 e. The number of hydrogen-bond donors (Lipinski definition) is 2. The zero-order valence-corrected chi connectivity index (χ0v) is 17.5. The molecule has 2 aromatic rings. The van der Waals surface area contributed by atoms with E-state index in [1.165, 1.54) is 0 Å². The number of nitrogens with zero attached hydrogens (tertiary/aromatic N) is 2. The van der Waals surface area contributed by atoms with Gasteiger partial charge in [0.25, 0.3) is 0 Å². The van der Waals surface area contributed by atoms with Gasteiger partial charge in [-0.25, -0.2) is 4.79 Å². The average molecular weight is 421 g/mol. The third kappa shape index (κ3) is 5.42. The number of urea groups is 1. The van der Waals surface area contributed by atoms with Gasteiger partial charge in [0, 0.05) is 44.3 Å². The lowest BCUT2D eigenvalue weighted by atomic mass is 10.0. The second kappa shape index (κ2) is 9.64. The Balaban J connectivity index is 1.22. The van der Waals surface area contributed by atoms with E-state index in [0.717, 1.165) is 11.3 Å². The number of carbonyl (C=O) groups excluding carboxylic acids is 3. The smallest absolute Gasteiger partial charge is 0.321 e. The van der Waals surface area contributed by atoms with Crippen LogP contribution in [0.15, 0.2) is 60.7 Å². The first-order valence-corrected chi connectivity index (χ1v) is 10.8. The van der Waals surface area contributed by atoms with E-state index in [-0.39, 0.29) is 36.2 Å². The molecule has 4 rings (SSSR count). The number of para-hydroxylation sites is 1. The van der Waals surface area contributed by atoms with Gasteiger partial charge in [-0.15, -0.1) is 0 Å². The average Bonchev–Trinajstić information content (AvgIpc) is 3.16. The molecule has 2 N–H and O–H groups in total. The molecule has 7 heteroatoms. The third-order valence-electron chi connectivity index (χ3n) is 5.96. The van der Waals surface area contributed by atoms with Crippen LogP contribution in [0, 0.1) is 5.92 Å². The monoisotopic (exact) mass is 420 g/mol. The van der Waals surface area contributed by atoms with E-state index in [1.807, 2.05) is 60.7 Å². The molecule has 4 amide bonds. The highest BCUT2D eigenvalue weighted by Gasteiger charge is 2.35. The van der Waals surface area contributed by atoms with E-state index >= 15 is 0 Å². The minimum absolute atomic E-state index is 0.0244. The molecular weight excluding hydrogens is 392 g/mol. The fraction of sp³-hybridized carbons (Fsp3) is 0.375. The zero-order chi connectivity index (χ0) is 21.6. The predicted octanol–water partition coefficient (Wildman–Crippen LogP) is 2.85. The molecule has 2 saturated heterocycles. The Morgan fingerprint density at radius 3 is 2.26 bits per heavy atom. The highest BCUT2D eigenvalue weighted by molar-refractivity contribution is 5.90. The minimum Gasteiger partial charge on any atom is -0.353 e. The first kappa shape index (κ1) is 20.9. The Morgan fingerprint density at radius 2 is 1.58 bits per heavy atom. The van der Waals surface area contributed by atoms with Gasteiger partial charge in [-0.05, 0) is 30.5 Å². The van der Waals surface area contributed by atoms with Crippen LogP contribution in [0.2, 0.25) is 0 Å². The number of anilines is 1. The van der Waals surface area contributed by atoms with Gasteiger partial charge in [0.1, 0.15) is 0 Å². The normalized spacial score (nSPS) is 19.4. The van der Waals surface area contributed by atoms with Crippen molar-refractivity contribution in [2.75, 3.05) is 25.0 Å². The Labute approximate surface area is 182 Å². The lowest BCUT2D eigenvalue weighted by Crippen LogP contribution is -2.49. The zero-order valence-electron chi connectivity index (χ0n) is 17.5. The topological polar surface area (TPSA) is 81.8 Å². The number of carbonyl (C=O) groups is 3. The van der Waals surface area contributed by atoms with Crippen molar-refractivity contribution < 1.29 is 14.4 Å². The molecule has 0 bridgehead atoms. The van der Waals surface area contributed by atoms with Crippen LogP contribution in [-0.4, -0.2) is 53.3 Å². The van der Waals surface area contributed by atoms with E-state index in [2.05, 4.69) is 10.6 Å². The predicted molar refractivity (Wildman–Crippen MR) is 118 cm³/mol. The summed E-state index contributed by atoms with van der Waals surface area (Å²) in [6, 6.07) is 19.1. The van der Waals surface area contributed by atoms with Crippen LogP contribution in [0.3, 0.4) is 0 Å². The Kier molecular flexibility index (Phi) is 6.50. The number of likely N-dealkylation sites (tertiary alicyclic amines) is 2. The first-order chi connectivity index (χ1) is 15.1. The van der Waals surface area contributed by atoms with Gasteiger partial charge in [-0.1, -0.05) is 48.5 Å². The second-order valence-electron chi connectivity index (χ2n) is 8.23. The lowest BCUT2D eigenvalue weighted by molar-refractivity contribution is -0.129. The molecule has 2 aromatic carbocycles. The molecule has 0 saturated carbocycles. The van der Waals surface area contributed by atoms with Crippen molar-refractivity contribution >= 4 is 23.5 Å². The Hall–Kier alpha value is -3.35. The number of amides is 4. The molecule has 2 aliphatic heterocycles. The van der Waals surface area contributed by atoms with Gasteiger partial charge in [-0.3, -0.25) is 9.59 Å². The van der Waals surface area contributed by atoms with E-state index in [9.17, 15) is 14.4 Å². The SMILES string of the molecule is O=C(NC1CCN(C(=O)Nc2ccccc2)CC1)[C@H]1CC(=O)N(Cc2ccccc2)C1. The third-order valence-corrected chi connectivity index (χ3v) is 5.96. The summed E-state index contributed by atoms with van der Waals surface area (Å²) >= 11 is 0. The highest BCUT2D eigenvalue weighted by atomic mass is 16.2. The van der Waals surface area contributed by atoms with Crippen LogP contribution >= 0.6 is 0 Å². The van der Waals surface area contributed by atoms with Crippen LogP contribution in [0.5, 0.6) is 0 Å². The molecule has 2 aliphatic rings. The molecular formula is C24H28N4O3. The van der Waals surface area contributed by atoms with Crippen LogP contribution in [-0.2, 0) is 16.1 Å². The van der Waals surface area contributed by atoms with E-state index < -0.39 is 0 Å². The molecule has 0 radical (unpaired) electrons. The fourth-order valence-corrected chi connectivity index (χ4v) is 4.17. The summed E-state index contributed by atoms with van der Waals surface area (Å²) < 4.78 is 0. The van der Waals surface area contributed by atoms with Crippen LogP contribution in [0.25, 0.3) is 0 Å². The van der Waals surface area contributed by atoms with E-state index in [0.29, 0.717) is 39.0 Å². The molecule has 2 fully saturated rings. The molecule has 1 atom stereocenters. The minimum atomic E-state index is -0.310. The van der Waals surface area contributed by atoms with Gasteiger partial charge < -0.3 is 20.4 Å². The number of rotatable bonds is 5. The highest BCUT2D eigenvalue weighted by Crippen LogP contribution is 2.21. The molecule has 0 spiro atoms. The summed E-state index contributed by atoms with van der Waals surface area (Å²) in [7, 11) is 0. The van der Waals surface area contributed by atoms with Gasteiger partial charge in [0.2, 0.25) is 11.8 Å². The molecule has 0 aliphatic carbocycles. The van der Waals surface area contributed by atoms with Crippen molar-refractivity contribution in [3.63, 3.8) is 0 Å². The molecule has 2 heterocycles. The Bertz CT molecular complexity index is 911. The molecule has 31 heavy (non-hydrogen) atoms. The quantitative estimate of drug-likeness (QED) is 0.780. The number of piperidine rings is 1. The van der Waals surface area contributed by atoms with Crippen molar-refractivity contribution in [2.24, 2.45) is 5.92 Å². The number of hydrogen-bond acceptors (Lipinski definition) is 3. The van der Waals surface area contributed by atoms with Crippen LogP contribution in [0.4, 0.5) is 10.5 Å². The van der Waals surface area contributed by atoms with Gasteiger partial charge >= 0.3 is 6.03 Å². The van der Waals surface area contributed by atoms with Crippen LogP contribution < -0.4 is 10.6 Å². The lowest BCUT2D eigenvalue weighted by Gasteiger charge is -2.32. The standard InChI is InChI=1S/C24H28N4O3/c29-22-15-19(17-28(22)16-18-7-3-1-4-8-18)23(30)25-21-11-13-27(14-12-21)24(31)26-20-9-5-2-6-10-20/h1-10,19,21H,11-17H2,(H,25,30)(H,26,31)/t19-/m0/s1. The first-order valence-electron chi connectivity index (χ1n) is 10.8. The Morgan fingerprint density at radius 1 is 0.935 bits per heavy atom. The summed E-state index contributed by atoms with van der Waals surface area (Å²) in [6.07, 6.45) is 1.68. The van der Waals surface area contributed by atoms with E-state index in [1.54, 1.807) is 9.80 Å². The summed E-state index contributed by atoms with van der Waals surface area (Å²) in [6.45, 7) is 2.18. The van der Waals surface area contributed by atoms with E-state index in [4.69, 9.17) is 0 Å². The molecule has 7 nitrogen and oxygen atoms in total. The summed E-state index contributed by atoms with van der Waals surface area (Å²) in [5.41, 5.74) is 1.84. The van der Waals surface area contributed by atoms with Gasteiger partial charge in [0.05, 0.1) is 5.92 Å². The maximum atomic E-state index is 12.7. The molecule has 0 unspecified atom stereocenters. The summed E-state index contributed by atoms with van der Waals surface area (Å²) in [5.74, 6) is -0.344. The van der Waals surface area contributed by atoms with Gasteiger partial charge in [0.15, 0.2) is 0 Å². The largest absolute Gasteiger partial charge is 0.353 e. The number of nitrogens with one attached hydrogen (secondary N) is 2. The maximum absolute atomic E-state index is 12.7. The molecule has 0 aromatic heterocycles.